The van der Waals surface area contributed by atoms with Crippen LogP contribution in [0.1, 0.15) is 11.1 Å². The van der Waals surface area contributed by atoms with Gasteiger partial charge in [-0.2, -0.15) is 0 Å². The fourth-order valence-electron chi connectivity index (χ4n) is 7.39. The van der Waals surface area contributed by atoms with E-state index >= 15 is 0 Å². The summed E-state index contributed by atoms with van der Waals surface area (Å²) in [4.78, 5) is 19.4. The number of hydrogen-bond donors (Lipinski definition) is 0. The van der Waals surface area contributed by atoms with Crippen molar-refractivity contribution in [1.29, 1.82) is 0 Å². The van der Waals surface area contributed by atoms with Gasteiger partial charge in [0.15, 0.2) is 17.5 Å². The van der Waals surface area contributed by atoms with E-state index in [4.69, 9.17) is 15.0 Å². The summed E-state index contributed by atoms with van der Waals surface area (Å²) in [5.74, 6) is 1.85. The van der Waals surface area contributed by atoms with Crippen LogP contribution in [-0.2, 0) is 0 Å². The van der Waals surface area contributed by atoms with Gasteiger partial charge in [-0.1, -0.05) is 153 Å². The van der Waals surface area contributed by atoms with E-state index in [1.807, 2.05) is 97.3 Å². The van der Waals surface area contributed by atoms with Gasteiger partial charge in [-0.05, 0) is 96.4 Å². The molecule has 0 N–H and O–H groups in total. The molecule has 2 aromatic heterocycles. The van der Waals surface area contributed by atoms with Gasteiger partial charge in [-0.15, -0.1) is 0 Å². The van der Waals surface area contributed by atoms with Gasteiger partial charge < -0.3 is 0 Å². The molecule has 0 radical (unpaired) electrons. The average molecular weight is 691 g/mol. The molecular weight excluding hydrogens is 657 g/mol. The zero-order valence-corrected chi connectivity index (χ0v) is 29.5. The molecule has 2 heterocycles. The molecule has 0 bridgehead atoms. The highest BCUT2D eigenvalue weighted by Crippen LogP contribution is 2.42. The molecule has 0 aliphatic rings. The number of pyridine rings is 1. The predicted octanol–water partition coefficient (Wildman–Crippen LogP) is 12.9. The first-order chi connectivity index (χ1) is 26.7. The van der Waals surface area contributed by atoms with Gasteiger partial charge in [0, 0.05) is 29.1 Å². The molecule has 0 spiro atoms. The Morgan fingerprint density at radius 3 is 1.43 bits per heavy atom. The second kappa shape index (κ2) is 14.0. The van der Waals surface area contributed by atoms with Gasteiger partial charge in [-0.25, -0.2) is 15.0 Å². The average Bonchev–Trinajstić information content (AvgIpc) is 3.26. The van der Waals surface area contributed by atoms with E-state index in [0.29, 0.717) is 17.5 Å². The summed E-state index contributed by atoms with van der Waals surface area (Å²) in [7, 11) is 0. The Hall–Kier alpha value is -7.30. The third-order valence-corrected chi connectivity index (χ3v) is 9.97. The van der Waals surface area contributed by atoms with Crippen molar-refractivity contribution >= 4 is 33.7 Å². The van der Waals surface area contributed by atoms with Crippen LogP contribution in [0.25, 0.3) is 101 Å². The maximum atomic E-state index is 5.13. The molecule has 9 aromatic rings. The lowest BCUT2D eigenvalue weighted by molar-refractivity contribution is 1.07. The van der Waals surface area contributed by atoms with Crippen molar-refractivity contribution in [2.24, 2.45) is 0 Å². The Balaban J connectivity index is 1.32. The normalized spacial score (nSPS) is 11.1. The van der Waals surface area contributed by atoms with Crippen molar-refractivity contribution in [2.45, 2.75) is 0 Å². The third kappa shape index (κ3) is 5.96. The van der Waals surface area contributed by atoms with E-state index < -0.39 is 0 Å². The summed E-state index contributed by atoms with van der Waals surface area (Å²) < 4.78 is 0. The van der Waals surface area contributed by atoms with E-state index in [9.17, 15) is 0 Å². The summed E-state index contributed by atoms with van der Waals surface area (Å²) >= 11 is 0. The summed E-state index contributed by atoms with van der Waals surface area (Å²) in [6, 6.07) is 54.7. The number of aromatic nitrogens is 4. The van der Waals surface area contributed by atoms with Crippen LogP contribution in [-0.4, -0.2) is 19.9 Å². The zero-order chi connectivity index (χ0) is 36.4. The summed E-state index contributed by atoms with van der Waals surface area (Å²) in [6.07, 6.45) is 7.54. The van der Waals surface area contributed by atoms with Gasteiger partial charge >= 0.3 is 0 Å². The maximum Gasteiger partial charge on any atom is 0.164 e. The van der Waals surface area contributed by atoms with Crippen molar-refractivity contribution < 1.29 is 0 Å². The fourth-order valence-corrected chi connectivity index (χ4v) is 7.39. The number of benzene rings is 7. The molecular formula is C50H34N4. The minimum atomic E-state index is 0.602. The van der Waals surface area contributed by atoms with Crippen LogP contribution in [0, 0.1) is 0 Å². The van der Waals surface area contributed by atoms with E-state index in [1.54, 1.807) is 0 Å². The molecule has 4 nitrogen and oxygen atoms in total. The number of nitrogens with zero attached hydrogens (tertiary/aromatic N) is 4. The molecule has 0 aliphatic heterocycles. The Kier molecular flexibility index (Phi) is 8.46. The van der Waals surface area contributed by atoms with Gasteiger partial charge in [0.25, 0.3) is 0 Å². The summed E-state index contributed by atoms with van der Waals surface area (Å²) in [6.45, 7) is 8.41. The lowest BCUT2D eigenvalue weighted by Crippen LogP contribution is -2.00. The molecule has 4 heteroatoms. The minimum absolute atomic E-state index is 0.602. The second-order valence-electron chi connectivity index (χ2n) is 13.2. The van der Waals surface area contributed by atoms with E-state index in [1.165, 1.54) is 0 Å². The molecule has 0 aliphatic carbocycles. The molecule has 0 saturated carbocycles. The molecule has 9 rings (SSSR count). The van der Waals surface area contributed by atoms with Crippen molar-refractivity contribution in [2.75, 3.05) is 0 Å². The fraction of sp³-hybridized carbons (Fsp3) is 0. The van der Waals surface area contributed by atoms with Crippen LogP contribution in [0.5, 0.6) is 0 Å². The van der Waals surface area contributed by atoms with Gasteiger partial charge in [0.05, 0.1) is 0 Å². The lowest BCUT2D eigenvalue weighted by Gasteiger charge is -2.18. The van der Waals surface area contributed by atoms with E-state index in [2.05, 4.69) is 103 Å². The highest BCUT2D eigenvalue weighted by atomic mass is 15.0. The SMILES string of the molecule is C=Cc1c(C=C)c2cccc(-c3cc(-c4ccc(-c5ccncc5)cc4)cc(-c4nc(-c5ccccc5)nc(-c5ccccc5)n4)c3)c2c2ccccc12. The number of hydrogen-bond acceptors (Lipinski definition) is 4. The number of fused-ring (bicyclic) bond motifs is 3. The van der Waals surface area contributed by atoms with Crippen molar-refractivity contribution in [3.63, 3.8) is 0 Å². The molecule has 0 saturated heterocycles. The quantitative estimate of drug-likeness (QED) is 0.149. The van der Waals surface area contributed by atoms with Gasteiger partial charge in [0.1, 0.15) is 0 Å². The Bertz CT molecular complexity index is 2770. The molecule has 254 valence electrons. The molecule has 0 atom stereocenters. The zero-order valence-electron chi connectivity index (χ0n) is 29.5. The third-order valence-electron chi connectivity index (χ3n) is 9.97. The lowest BCUT2D eigenvalue weighted by atomic mass is 9.86. The second-order valence-corrected chi connectivity index (χ2v) is 13.2. The van der Waals surface area contributed by atoms with Crippen LogP contribution in [0.15, 0.2) is 183 Å². The highest BCUT2D eigenvalue weighted by molar-refractivity contribution is 6.19. The van der Waals surface area contributed by atoms with E-state index in [-0.39, 0.29) is 0 Å². The molecule has 0 fully saturated rings. The molecule has 7 aromatic carbocycles. The first kappa shape index (κ1) is 32.6. The highest BCUT2D eigenvalue weighted by Gasteiger charge is 2.18. The summed E-state index contributed by atoms with van der Waals surface area (Å²) in [5.41, 5.74) is 11.5. The predicted molar refractivity (Wildman–Crippen MR) is 225 cm³/mol. The van der Waals surface area contributed by atoms with Crippen molar-refractivity contribution in [3.8, 4) is 67.5 Å². The van der Waals surface area contributed by atoms with Crippen LogP contribution < -0.4 is 0 Å². The maximum absolute atomic E-state index is 5.13. The number of rotatable bonds is 8. The van der Waals surface area contributed by atoms with Gasteiger partial charge in [0.2, 0.25) is 0 Å². The molecule has 0 amide bonds. The first-order valence-corrected chi connectivity index (χ1v) is 17.9. The van der Waals surface area contributed by atoms with E-state index in [0.717, 1.165) is 82.7 Å². The van der Waals surface area contributed by atoms with Crippen LogP contribution in [0.2, 0.25) is 0 Å². The topological polar surface area (TPSA) is 51.6 Å². The smallest absolute Gasteiger partial charge is 0.164 e. The Morgan fingerprint density at radius 2 is 0.815 bits per heavy atom. The van der Waals surface area contributed by atoms with Crippen LogP contribution >= 0.6 is 0 Å². The minimum Gasteiger partial charge on any atom is -0.265 e. The van der Waals surface area contributed by atoms with Crippen LogP contribution in [0.4, 0.5) is 0 Å². The monoisotopic (exact) mass is 690 g/mol. The van der Waals surface area contributed by atoms with Crippen molar-refractivity contribution in [3.05, 3.63) is 194 Å². The standard InChI is InChI=1S/C50H34N4/c1-3-41-42(4-2)45-21-13-20-43(47(45)46-19-12-11-18-44(41)46)39-30-38(34-24-22-33(23-25-34)35-26-28-51-29-27-35)31-40(32-39)50-53-48(36-14-7-5-8-15-36)52-49(54-50)37-16-9-6-10-17-37/h3-32H,1-2H2. The molecule has 54 heavy (non-hydrogen) atoms. The largest absolute Gasteiger partial charge is 0.265 e. The first-order valence-electron chi connectivity index (χ1n) is 17.9. The Morgan fingerprint density at radius 1 is 0.352 bits per heavy atom. The van der Waals surface area contributed by atoms with Crippen LogP contribution in [0.3, 0.4) is 0 Å². The molecule has 0 unspecified atom stereocenters. The summed E-state index contributed by atoms with van der Waals surface area (Å²) in [5, 5.41) is 4.59. The van der Waals surface area contributed by atoms with Crippen molar-refractivity contribution in [1.82, 2.24) is 19.9 Å². The Labute approximate surface area is 314 Å². The van der Waals surface area contributed by atoms with Gasteiger partial charge in [-0.3, -0.25) is 4.98 Å².